The maximum absolute atomic E-state index is 13.8. The number of carbonyl (C=O) groups is 1. The van der Waals surface area contributed by atoms with Crippen LogP contribution in [0.5, 0.6) is 5.75 Å². The van der Waals surface area contributed by atoms with Crippen molar-refractivity contribution in [2.24, 2.45) is 0 Å². The highest BCUT2D eigenvalue weighted by Crippen LogP contribution is 2.36. The van der Waals surface area contributed by atoms with Crippen LogP contribution in [0.4, 0.5) is 13.2 Å². The number of amides is 1. The van der Waals surface area contributed by atoms with Crippen LogP contribution in [0, 0.1) is 0 Å². The number of fused-ring (bicyclic) bond motifs is 1. The zero-order chi connectivity index (χ0) is 31.1. The lowest BCUT2D eigenvalue weighted by Crippen LogP contribution is -2.42. The van der Waals surface area contributed by atoms with Crippen LogP contribution in [-0.2, 0) is 23.9 Å². The average molecular weight is 647 g/mol. The largest absolute Gasteiger partial charge is 0.494 e. The summed E-state index contributed by atoms with van der Waals surface area (Å²) in [5, 5.41) is 4.49. The van der Waals surface area contributed by atoms with Gasteiger partial charge >= 0.3 is 6.18 Å². The molecule has 0 saturated heterocycles. The number of nitrogens with one attached hydrogen (secondary N) is 1. The van der Waals surface area contributed by atoms with E-state index in [0.717, 1.165) is 67.1 Å². The Hall–Kier alpha value is -2.96. The molecule has 2 aromatic carbocycles. The fourth-order valence-electron chi connectivity index (χ4n) is 5.18. The molecule has 44 heavy (non-hydrogen) atoms. The molecule has 1 amide bonds. The van der Waals surface area contributed by atoms with Crippen molar-refractivity contribution in [1.82, 2.24) is 19.8 Å². The first-order valence-corrected chi connectivity index (χ1v) is 16.4. The minimum atomic E-state index is -4.35. The number of unbranched alkanes of at least 4 members (excludes halogenated alkanes) is 2. The topological polar surface area (TPSA) is 76.5 Å². The fourth-order valence-corrected chi connectivity index (χ4v) is 6.72. The van der Waals surface area contributed by atoms with E-state index in [-0.39, 0.29) is 18.0 Å². The van der Waals surface area contributed by atoms with E-state index in [0.29, 0.717) is 54.3 Å². The van der Waals surface area contributed by atoms with Gasteiger partial charge in [-0.2, -0.15) is 13.2 Å². The van der Waals surface area contributed by atoms with Crippen molar-refractivity contribution in [2.45, 2.75) is 79.4 Å². The third kappa shape index (κ3) is 8.39. The van der Waals surface area contributed by atoms with Crippen LogP contribution >= 0.6 is 24.4 Å². The number of rotatable bonds is 13. The minimum absolute atomic E-state index is 0.00400. The molecule has 0 radical (unpaired) electrons. The number of thiol groups is 1. The molecule has 1 fully saturated rings. The summed E-state index contributed by atoms with van der Waals surface area (Å²) in [6.07, 6.45) is 2.56. The lowest BCUT2D eigenvalue weighted by atomic mass is 10.0. The Balaban J connectivity index is 1.06. The second-order valence-electron chi connectivity index (χ2n) is 11.1. The number of benzene rings is 2. The highest BCUT2D eigenvalue weighted by molar-refractivity contribution is 7.99. The number of aromatic nitrogens is 2. The molecule has 2 heterocycles. The van der Waals surface area contributed by atoms with E-state index in [1.807, 2.05) is 24.3 Å². The first kappa shape index (κ1) is 32.4. The molecular formula is C32H37F3N4O3S2. The maximum atomic E-state index is 13.8. The second-order valence-corrected chi connectivity index (χ2v) is 12.9. The number of hydrogen-bond donors (Lipinski definition) is 2. The van der Waals surface area contributed by atoms with Gasteiger partial charge in [0.2, 0.25) is 5.91 Å². The van der Waals surface area contributed by atoms with Crippen molar-refractivity contribution in [3.63, 3.8) is 0 Å². The summed E-state index contributed by atoms with van der Waals surface area (Å²) in [6.45, 7) is 2.52. The van der Waals surface area contributed by atoms with Gasteiger partial charge in [0.15, 0.2) is 5.16 Å². The number of ether oxygens (including phenoxy) is 1. The Morgan fingerprint density at radius 3 is 2.59 bits per heavy atom. The van der Waals surface area contributed by atoms with Crippen LogP contribution in [0.2, 0.25) is 0 Å². The standard InChI is InChI=1S/C32H37F3N4O3S2/c33-32(34,35)22-10-12-24(13-11-22)42-19-3-1-2-16-36-17-14-29(40)38-18-15-28-27(21-38)30(41)39(23-6-4-7-25(43)20-23)31(37-28)44-26-8-5-9-26/h4,6-7,10-13,20,26,36,43H,1-3,5,8-9,14-19,21H2. The first-order valence-electron chi connectivity index (χ1n) is 15.1. The second kappa shape index (κ2) is 14.9. The van der Waals surface area contributed by atoms with E-state index in [1.165, 1.54) is 18.6 Å². The number of carbonyl (C=O) groups excluding carboxylic acids is 1. The van der Waals surface area contributed by atoms with Crippen LogP contribution in [0.1, 0.15) is 61.8 Å². The van der Waals surface area contributed by atoms with Crippen LogP contribution in [0.15, 0.2) is 63.4 Å². The van der Waals surface area contributed by atoms with Crippen molar-refractivity contribution in [3.8, 4) is 11.4 Å². The molecule has 0 unspecified atom stereocenters. The molecule has 0 atom stereocenters. The molecule has 5 rings (SSSR count). The summed E-state index contributed by atoms with van der Waals surface area (Å²) >= 11 is 6.14. The SMILES string of the molecule is O=C(CCNCCCCCOc1ccc(C(F)(F)F)cc1)N1CCc2nc(SC3CCC3)n(-c3cccc(S)c3)c(=O)c2C1. The van der Waals surface area contributed by atoms with Crippen molar-refractivity contribution >= 4 is 30.3 Å². The van der Waals surface area contributed by atoms with E-state index < -0.39 is 11.7 Å². The number of thioether (sulfide) groups is 1. The van der Waals surface area contributed by atoms with E-state index >= 15 is 0 Å². The third-order valence-electron chi connectivity index (χ3n) is 7.93. The normalized spacial score (nSPS) is 15.1. The summed E-state index contributed by atoms with van der Waals surface area (Å²) in [6, 6.07) is 12.2. The number of nitrogens with zero attached hydrogens (tertiary/aromatic N) is 3. The van der Waals surface area contributed by atoms with Crippen LogP contribution < -0.4 is 15.6 Å². The molecule has 3 aromatic rings. The Labute approximate surface area is 265 Å². The molecule has 12 heteroatoms. The lowest BCUT2D eigenvalue weighted by Gasteiger charge is -2.30. The van der Waals surface area contributed by atoms with Gasteiger partial charge in [0.05, 0.1) is 35.7 Å². The summed E-state index contributed by atoms with van der Waals surface area (Å²) in [5.74, 6) is 0.425. The van der Waals surface area contributed by atoms with Crippen LogP contribution in [0.25, 0.3) is 5.69 Å². The van der Waals surface area contributed by atoms with Gasteiger partial charge in [-0.25, -0.2) is 4.98 Å². The first-order chi connectivity index (χ1) is 21.2. The van der Waals surface area contributed by atoms with Gasteiger partial charge < -0.3 is 15.0 Å². The van der Waals surface area contributed by atoms with Gasteiger partial charge in [-0.15, -0.1) is 12.6 Å². The Morgan fingerprint density at radius 2 is 1.89 bits per heavy atom. The van der Waals surface area contributed by atoms with Gasteiger partial charge in [-0.1, -0.05) is 24.2 Å². The Morgan fingerprint density at radius 1 is 1.09 bits per heavy atom. The number of alkyl halides is 3. The minimum Gasteiger partial charge on any atom is -0.494 e. The monoisotopic (exact) mass is 646 g/mol. The molecular weight excluding hydrogens is 610 g/mol. The number of halogens is 3. The van der Waals surface area contributed by atoms with E-state index in [4.69, 9.17) is 9.72 Å². The highest BCUT2D eigenvalue weighted by atomic mass is 32.2. The van der Waals surface area contributed by atoms with Crippen molar-refractivity contribution in [1.29, 1.82) is 0 Å². The molecule has 1 aromatic heterocycles. The van der Waals surface area contributed by atoms with Gasteiger partial charge in [0.1, 0.15) is 5.75 Å². The smallest absolute Gasteiger partial charge is 0.416 e. The quantitative estimate of drug-likeness (QED) is 0.129. The third-order valence-corrected chi connectivity index (χ3v) is 9.50. The van der Waals surface area contributed by atoms with Gasteiger partial charge in [-0.05, 0) is 81.1 Å². The van der Waals surface area contributed by atoms with E-state index in [1.54, 1.807) is 21.2 Å². The predicted octanol–water partition coefficient (Wildman–Crippen LogP) is 6.30. The van der Waals surface area contributed by atoms with Gasteiger partial charge in [0, 0.05) is 36.1 Å². The van der Waals surface area contributed by atoms with E-state index in [2.05, 4.69) is 17.9 Å². The predicted molar refractivity (Wildman–Crippen MR) is 168 cm³/mol. The molecule has 0 bridgehead atoms. The molecule has 0 spiro atoms. The van der Waals surface area contributed by atoms with Gasteiger partial charge in [0.25, 0.3) is 5.56 Å². The lowest BCUT2D eigenvalue weighted by molar-refractivity contribution is -0.137. The van der Waals surface area contributed by atoms with Crippen LogP contribution in [0.3, 0.4) is 0 Å². The molecule has 2 aliphatic rings. The summed E-state index contributed by atoms with van der Waals surface area (Å²) in [7, 11) is 0. The Bertz CT molecular complexity index is 1490. The fraction of sp³-hybridized carbons (Fsp3) is 0.469. The molecule has 1 aliphatic carbocycles. The highest BCUT2D eigenvalue weighted by Gasteiger charge is 2.30. The van der Waals surface area contributed by atoms with Crippen molar-refractivity contribution in [2.75, 3.05) is 26.2 Å². The molecule has 1 saturated carbocycles. The maximum Gasteiger partial charge on any atom is 0.416 e. The summed E-state index contributed by atoms with van der Waals surface area (Å²) < 4.78 is 45.2. The van der Waals surface area contributed by atoms with Gasteiger partial charge in [-0.3, -0.25) is 14.2 Å². The number of hydrogen-bond acceptors (Lipinski definition) is 7. The molecule has 1 N–H and O–H groups in total. The molecule has 1 aliphatic heterocycles. The van der Waals surface area contributed by atoms with Crippen LogP contribution in [-0.4, -0.2) is 51.8 Å². The summed E-state index contributed by atoms with van der Waals surface area (Å²) in [5.41, 5.74) is 1.30. The molecule has 236 valence electrons. The average Bonchev–Trinajstić information content (AvgIpc) is 2.97. The van der Waals surface area contributed by atoms with Crippen molar-refractivity contribution < 1.29 is 22.7 Å². The summed E-state index contributed by atoms with van der Waals surface area (Å²) in [4.78, 5) is 34.3. The molecule has 7 nitrogen and oxygen atoms in total. The zero-order valence-corrected chi connectivity index (χ0v) is 26.2. The van der Waals surface area contributed by atoms with E-state index in [9.17, 15) is 22.8 Å². The van der Waals surface area contributed by atoms with Crippen molar-refractivity contribution in [3.05, 3.63) is 75.7 Å². The Kier molecular flexibility index (Phi) is 11.0. The zero-order valence-electron chi connectivity index (χ0n) is 24.4.